The number of allylic oxidation sites excluding steroid dienone is 1. The van der Waals surface area contributed by atoms with E-state index in [2.05, 4.69) is 128 Å². The molecule has 0 spiro atoms. The van der Waals surface area contributed by atoms with Gasteiger partial charge in [-0.1, -0.05) is 48.5 Å². The second-order valence-electron chi connectivity index (χ2n) is 8.57. The van der Waals surface area contributed by atoms with Crippen LogP contribution in [0.4, 0.5) is 17.1 Å². The van der Waals surface area contributed by atoms with Crippen molar-refractivity contribution in [2.24, 2.45) is 5.10 Å². The largest absolute Gasteiger partial charge is 0.378 e. The summed E-state index contributed by atoms with van der Waals surface area (Å²) in [6.07, 6.45) is 5.21. The summed E-state index contributed by atoms with van der Waals surface area (Å²) in [5, 5.41) is 7.17. The van der Waals surface area contributed by atoms with Crippen LogP contribution in [-0.2, 0) is 0 Å². The van der Waals surface area contributed by atoms with Crippen LogP contribution < -0.4 is 14.8 Å². The monoisotopic (exact) mass is 438 g/mol. The summed E-state index contributed by atoms with van der Waals surface area (Å²) < 4.78 is 0. The van der Waals surface area contributed by atoms with Crippen LogP contribution in [0.5, 0.6) is 0 Å². The summed E-state index contributed by atoms with van der Waals surface area (Å²) in [5.41, 5.74) is 7.16. The lowest BCUT2D eigenvalue weighted by atomic mass is 10.0. The zero-order valence-corrected chi connectivity index (χ0v) is 20.1. The molecule has 1 aliphatic rings. The molecule has 4 nitrogen and oxygen atoms in total. The summed E-state index contributed by atoms with van der Waals surface area (Å²) in [7, 11) is 4.14. The van der Waals surface area contributed by atoms with Crippen molar-refractivity contribution < 1.29 is 0 Å². The molecule has 0 saturated carbocycles. The van der Waals surface area contributed by atoms with Gasteiger partial charge < -0.3 is 9.80 Å². The van der Waals surface area contributed by atoms with Gasteiger partial charge in [-0.15, -0.1) is 0 Å². The summed E-state index contributed by atoms with van der Waals surface area (Å²) >= 11 is 0. The predicted molar refractivity (Wildman–Crippen MR) is 144 cm³/mol. The SMILES string of the molecule is CCN(CC)c1ccc(/C=C/C2=NN(c3ccccc3)C(c3ccc(N(C)C)cc3)C2)cc1. The topological polar surface area (TPSA) is 22.1 Å². The number of para-hydroxylation sites is 1. The third-order valence-electron chi connectivity index (χ3n) is 6.24. The number of hydrazone groups is 1. The molecule has 0 saturated heterocycles. The molecule has 0 aliphatic carbocycles. The van der Waals surface area contributed by atoms with Gasteiger partial charge in [-0.05, 0) is 67.4 Å². The maximum Gasteiger partial charge on any atom is 0.0831 e. The van der Waals surface area contributed by atoms with Crippen LogP contribution in [0.25, 0.3) is 6.08 Å². The third kappa shape index (κ3) is 5.28. The minimum Gasteiger partial charge on any atom is -0.378 e. The van der Waals surface area contributed by atoms with E-state index in [-0.39, 0.29) is 6.04 Å². The Balaban J connectivity index is 1.56. The number of rotatable bonds is 8. The molecule has 1 atom stereocenters. The zero-order valence-electron chi connectivity index (χ0n) is 20.1. The molecule has 4 heteroatoms. The fourth-order valence-electron chi connectivity index (χ4n) is 4.28. The minimum absolute atomic E-state index is 0.188. The Morgan fingerprint density at radius 2 is 1.45 bits per heavy atom. The van der Waals surface area contributed by atoms with Gasteiger partial charge in [0, 0.05) is 45.0 Å². The average molecular weight is 439 g/mol. The van der Waals surface area contributed by atoms with E-state index in [9.17, 15) is 0 Å². The first-order chi connectivity index (χ1) is 16.1. The Bertz CT molecular complexity index is 1080. The standard InChI is InChI=1S/C29H34N4/c1-5-32(6-2)27-18-13-23(14-19-27)12-17-25-22-29(24-15-20-26(21-16-24)31(3)4)33(30-25)28-10-8-7-9-11-28/h7-21,29H,5-6,22H2,1-4H3/b17-12+. The number of benzene rings is 3. The quantitative estimate of drug-likeness (QED) is 0.395. The average Bonchev–Trinajstić information content (AvgIpc) is 3.29. The van der Waals surface area contributed by atoms with E-state index in [4.69, 9.17) is 5.10 Å². The van der Waals surface area contributed by atoms with Crippen molar-refractivity contribution in [3.8, 4) is 0 Å². The molecule has 0 radical (unpaired) electrons. The first kappa shape index (κ1) is 22.7. The molecule has 0 fully saturated rings. The minimum atomic E-state index is 0.188. The summed E-state index contributed by atoms with van der Waals surface area (Å²) in [6.45, 7) is 6.43. The zero-order chi connectivity index (χ0) is 23.2. The molecular weight excluding hydrogens is 404 g/mol. The van der Waals surface area contributed by atoms with Crippen LogP contribution >= 0.6 is 0 Å². The number of anilines is 3. The summed E-state index contributed by atoms with van der Waals surface area (Å²) in [4.78, 5) is 4.49. The molecule has 1 aliphatic heterocycles. The Morgan fingerprint density at radius 1 is 0.818 bits per heavy atom. The van der Waals surface area contributed by atoms with E-state index in [1.165, 1.54) is 22.5 Å². The van der Waals surface area contributed by atoms with E-state index in [1.54, 1.807) is 0 Å². The van der Waals surface area contributed by atoms with E-state index < -0.39 is 0 Å². The third-order valence-corrected chi connectivity index (χ3v) is 6.24. The molecule has 0 aromatic heterocycles. The number of nitrogens with zero attached hydrogens (tertiary/aromatic N) is 4. The van der Waals surface area contributed by atoms with Crippen molar-refractivity contribution in [1.82, 2.24) is 0 Å². The lowest BCUT2D eigenvalue weighted by molar-refractivity contribution is 0.709. The normalized spacial score (nSPS) is 15.7. The Kier molecular flexibility index (Phi) is 7.13. The fourth-order valence-corrected chi connectivity index (χ4v) is 4.28. The molecule has 0 N–H and O–H groups in total. The van der Waals surface area contributed by atoms with Crippen LogP contribution in [0.3, 0.4) is 0 Å². The number of hydrogen-bond donors (Lipinski definition) is 0. The predicted octanol–water partition coefficient (Wildman–Crippen LogP) is 6.62. The van der Waals surface area contributed by atoms with Gasteiger partial charge in [0.05, 0.1) is 17.4 Å². The van der Waals surface area contributed by atoms with E-state index >= 15 is 0 Å². The highest BCUT2D eigenvalue weighted by Gasteiger charge is 2.28. The molecule has 3 aromatic rings. The fraction of sp³-hybridized carbons (Fsp3) is 0.276. The molecule has 1 unspecified atom stereocenters. The van der Waals surface area contributed by atoms with Gasteiger partial charge in [-0.3, -0.25) is 5.01 Å². The highest BCUT2D eigenvalue weighted by molar-refractivity contribution is 6.01. The van der Waals surface area contributed by atoms with Crippen molar-refractivity contribution in [1.29, 1.82) is 0 Å². The van der Waals surface area contributed by atoms with E-state index in [1.807, 2.05) is 6.07 Å². The van der Waals surface area contributed by atoms with Gasteiger partial charge >= 0.3 is 0 Å². The summed E-state index contributed by atoms with van der Waals surface area (Å²) in [5.74, 6) is 0. The molecule has 170 valence electrons. The Labute approximate surface area is 198 Å². The smallest absolute Gasteiger partial charge is 0.0831 e. The molecule has 3 aromatic carbocycles. The first-order valence-corrected chi connectivity index (χ1v) is 11.8. The molecule has 33 heavy (non-hydrogen) atoms. The lowest BCUT2D eigenvalue weighted by Gasteiger charge is -2.24. The van der Waals surface area contributed by atoms with Crippen molar-refractivity contribution in [3.63, 3.8) is 0 Å². The van der Waals surface area contributed by atoms with Crippen LogP contribution in [-0.4, -0.2) is 32.9 Å². The molecular formula is C29H34N4. The van der Waals surface area contributed by atoms with E-state index in [0.29, 0.717) is 0 Å². The van der Waals surface area contributed by atoms with Gasteiger partial charge in [-0.25, -0.2) is 0 Å². The molecule has 1 heterocycles. The van der Waals surface area contributed by atoms with Crippen molar-refractivity contribution in [3.05, 3.63) is 96.1 Å². The second kappa shape index (κ2) is 10.4. The first-order valence-electron chi connectivity index (χ1n) is 11.8. The van der Waals surface area contributed by atoms with E-state index in [0.717, 1.165) is 30.9 Å². The van der Waals surface area contributed by atoms with Crippen LogP contribution in [0.2, 0.25) is 0 Å². The van der Waals surface area contributed by atoms with Crippen molar-refractivity contribution in [2.75, 3.05) is 42.0 Å². The molecule has 0 amide bonds. The number of hydrogen-bond acceptors (Lipinski definition) is 4. The van der Waals surface area contributed by atoms with Crippen molar-refractivity contribution >= 4 is 28.8 Å². The maximum absolute atomic E-state index is 5.01. The van der Waals surface area contributed by atoms with Crippen LogP contribution in [0, 0.1) is 0 Å². The second-order valence-corrected chi connectivity index (χ2v) is 8.57. The van der Waals surface area contributed by atoms with Crippen LogP contribution in [0.15, 0.2) is 90.0 Å². The summed E-state index contributed by atoms with van der Waals surface area (Å²) in [6, 6.07) is 28.2. The Morgan fingerprint density at radius 3 is 2.06 bits per heavy atom. The molecule has 4 rings (SSSR count). The maximum atomic E-state index is 5.01. The van der Waals surface area contributed by atoms with Gasteiger partial charge in [0.1, 0.15) is 0 Å². The van der Waals surface area contributed by atoms with Gasteiger partial charge in [0.25, 0.3) is 0 Å². The van der Waals surface area contributed by atoms with Gasteiger partial charge in [0.2, 0.25) is 0 Å². The lowest BCUT2D eigenvalue weighted by Crippen LogP contribution is -2.21. The Hall–Kier alpha value is -3.53. The van der Waals surface area contributed by atoms with Gasteiger partial charge in [0.15, 0.2) is 0 Å². The highest BCUT2D eigenvalue weighted by Crippen LogP contribution is 2.36. The van der Waals surface area contributed by atoms with Crippen LogP contribution in [0.1, 0.15) is 37.4 Å². The highest BCUT2D eigenvalue weighted by atomic mass is 15.5. The van der Waals surface area contributed by atoms with Gasteiger partial charge in [-0.2, -0.15) is 5.10 Å². The van der Waals surface area contributed by atoms with Crippen molar-refractivity contribution in [2.45, 2.75) is 26.3 Å². The molecule has 0 bridgehead atoms.